The lowest BCUT2D eigenvalue weighted by atomic mass is 9.98. The molecular formula is C25H28N2O5. The summed E-state index contributed by atoms with van der Waals surface area (Å²) in [5.74, 6) is -0.943. The number of fused-ring (bicyclic) bond motifs is 1. The molecule has 1 aromatic carbocycles. The molecule has 0 unspecified atom stereocenters. The number of ether oxygens (including phenoxy) is 1. The van der Waals surface area contributed by atoms with Crippen LogP contribution in [0.15, 0.2) is 21.3 Å². The number of nitrogens with zero attached hydrogens (tertiary/aromatic N) is 2. The normalized spacial score (nSPS) is 11.3. The van der Waals surface area contributed by atoms with Crippen LogP contribution in [-0.4, -0.2) is 28.2 Å². The highest BCUT2D eigenvalue weighted by atomic mass is 16.5. The van der Waals surface area contributed by atoms with Crippen molar-refractivity contribution in [2.75, 3.05) is 6.61 Å². The lowest BCUT2D eigenvalue weighted by Gasteiger charge is -2.15. The third-order valence-electron chi connectivity index (χ3n) is 5.76. The number of nitriles is 1. The van der Waals surface area contributed by atoms with Crippen molar-refractivity contribution in [2.45, 2.75) is 60.6 Å². The van der Waals surface area contributed by atoms with Crippen LogP contribution in [0.2, 0.25) is 0 Å². The topological polar surface area (TPSA) is 105 Å². The van der Waals surface area contributed by atoms with Gasteiger partial charge < -0.3 is 14.3 Å². The first-order chi connectivity index (χ1) is 15.1. The summed E-state index contributed by atoms with van der Waals surface area (Å²) in [5.41, 5.74) is 2.58. The largest absolute Gasteiger partial charge is 0.494 e. The number of pyridine rings is 1. The molecule has 32 heavy (non-hydrogen) atoms. The number of rotatable bonds is 7. The van der Waals surface area contributed by atoms with Gasteiger partial charge in [-0.25, -0.2) is 0 Å². The molecule has 0 saturated carbocycles. The van der Waals surface area contributed by atoms with E-state index in [9.17, 15) is 20.0 Å². The molecule has 0 amide bonds. The second kappa shape index (κ2) is 9.01. The molecule has 168 valence electrons. The average molecular weight is 437 g/mol. The van der Waals surface area contributed by atoms with Gasteiger partial charge in [-0.05, 0) is 76.8 Å². The molecule has 0 fully saturated rings. The van der Waals surface area contributed by atoms with Gasteiger partial charge in [0.2, 0.25) is 11.7 Å². The quantitative estimate of drug-likeness (QED) is 0.433. The number of hydrogen-bond acceptors (Lipinski definition) is 6. The standard InChI is InChI=1S/C25H28N2O5/c1-13(2)31-9-7-8-27-24(29)19(12-26)16(5)21(25(27)30)22(28)23-17(6)18-10-14(3)15(4)11-20(18)32-23/h10-11,13,30H,7-9H2,1-6H3. The Morgan fingerprint density at radius 1 is 1.19 bits per heavy atom. The van der Waals surface area contributed by atoms with Gasteiger partial charge in [0, 0.05) is 24.1 Å². The van der Waals surface area contributed by atoms with E-state index in [2.05, 4.69) is 0 Å². The zero-order valence-corrected chi connectivity index (χ0v) is 19.3. The van der Waals surface area contributed by atoms with Gasteiger partial charge in [0.05, 0.1) is 11.7 Å². The molecule has 3 aromatic rings. The summed E-state index contributed by atoms with van der Waals surface area (Å²) in [6.45, 7) is 11.5. The number of aromatic nitrogens is 1. The van der Waals surface area contributed by atoms with Crippen LogP contribution in [0, 0.1) is 39.0 Å². The maximum absolute atomic E-state index is 13.5. The van der Waals surface area contributed by atoms with E-state index in [0.717, 1.165) is 21.1 Å². The molecular weight excluding hydrogens is 408 g/mol. The fourth-order valence-electron chi connectivity index (χ4n) is 3.78. The van der Waals surface area contributed by atoms with E-state index in [4.69, 9.17) is 9.15 Å². The Bertz CT molecular complexity index is 1310. The predicted octanol–water partition coefficient (Wildman–Crippen LogP) is 4.45. The van der Waals surface area contributed by atoms with Gasteiger partial charge >= 0.3 is 0 Å². The minimum absolute atomic E-state index is 0.0356. The summed E-state index contributed by atoms with van der Waals surface area (Å²) in [7, 11) is 0. The molecule has 7 heteroatoms. The third-order valence-corrected chi connectivity index (χ3v) is 5.76. The van der Waals surface area contributed by atoms with Crippen molar-refractivity contribution in [3.8, 4) is 11.9 Å². The summed E-state index contributed by atoms with van der Waals surface area (Å²) >= 11 is 0. The Labute approximate surface area is 186 Å². The SMILES string of the molecule is Cc1cc2oc(C(=O)c3c(C)c(C#N)c(=O)n(CCCOC(C)C)c3O)c(C)c2cc1C. The fourth-order valence-corrected chi connectivity index (χ4v) is 3.78. The predicted molar refractivity (Wildman–Crippen MR) is 121 cm³/mol. The summed E-state index contributed by atoms with van der Waals surface area (Å²) in [6, 6.07) is 5.72. The molecule has 1 N–H and O–H groups in total. The maximum Gasteiger partial charge on any atom is 0.271 e. The van der Waals surface area contributed by atoms with Gasteiger partial charge in [-0.15, -0.1) is 0 Å². The number of hydrogen-bond donors (Lipinski definition) is 1. The molecule has 2 heterocycles. The molecule has 0 radical (unpaired) electrons. The van der Waals surface area contributed by atoms with Gasteiger partial charge in [0.25, 0.3) is 5.56 Å². The van der Waals surface area contributed by atoms with Crippen molar-refractivity contribution in [2.24, 2.45) is 0 Å². The molecule has 0 aliphatic rings. The van der Waals surface area contributed by atoms with Gasteiger partial charge in [-0.1, -0.05) is 0 Å². The van der Waals surface area contributed by atoms with E-state index < -0.39 is 17.2 Å². The highest BCUT2D eigenvalue weighted by molar-refractivity contribution is 6.12. The van der Waals surface area contributed by atoms with Crippen LogP contribution in [0.3, 0.4) is 0 Å². The van der Waals surface area contributed by atoms with Gasteiger partial charge in [0.1, 0.15) is 17.2 Å². The van der Waals surface area contributed by atoms with Crippen molar-refractivity contribution >= 4 is 16.8 Å². The number of carbonyl (C=O) groups is 1. The molecule has 3 rings (SSSR count). The van der Waals surface area contributed by atoms with Crippen molar-refractivity contribution in [3.63, 3.8) is 0 Å². The lowest BCUT2D eigenvalue weighted by Crippen LogP contribution is -2.27. The summed E-state index contributed by atoms with van der Waals surface area (Å²) < 4.78 is 12.4. The second-order valence-corrected chi connectivity index (χ2v) is 8.36. The number of furan rings is 1. The Morgan fingerprint density at radius 3 is 2.47 bits per heavy atom. The van der Waals surface area contributed by atoms with Crippen molar-refractivity contribution in [3.05, 3.63) is 61.6 Å². The van der Waals surface area contributed by atoms with E-state index in [1.807, 2.05) is 45.9 Å². The van der Waals surface area contributed by atoms with Gasteiger partial charge in [0.15, 0.2) is 5.76 Å². The summed E-state index contributed by atoms with van der Waals surface area (Å²) in [4.78, 5) is 26.3. The number of ketones is 1. The Kier molecular flexibility index (Phi) is 6.56. The Balaban J connectivity index is 2.13. The first-order valence-electron chi connectivity index (χ1n) is 10.6. The number of aromatic hydroxyl groups is 1. The Hall–Kier alpha value is -3.37. The van der Waals surface area contributed by atoms with E-state index in [0.29, 0.717) is 24.2 Å². The number of aryl methyl sites for hydroxylation is 3. The van der Waals surface area contributed by atoms with Crippen LogP contribution in [-0.2, 0) is 11.3 Å². The second-order valence-electron chi connectivity index (χ2n) is 8.36. The zero-order valence-electron chi connectivity index (χ0n) is 19.3. The molecule has 0 bridgehead atoms. The van der Waals surface area contributed by atoms with Crippen LogP contribution in [0.4, 0.5) is 0 Å². The van der Waals surface area contributed by atoms with Crippen molar-refractivity contribution in [1.82, 2.24) is 4.57 Å². The fraction of sp³-hybridized carbons (Fsp3) is 0.400. The molecule has 0 aliphatic carbocycles. The van der Waals surface area contributed by atoms with Gasteiger partial charge in [-0.2, -0.15) is 5.26 Å². The lowest BCUT2D eigenvalue weighted by molar-refractivity contribution is 0.0743. The molecule has 0 saturated heterocycles. The summed E-state index contributed by atoms with van der Waals surface area (Å²) in [6.07, 6.45) is 0.476. The molecule has 0 spiro atoms. The highest BCUT2D eigenvalue weighted by Gasteiger charge is 2.28. The van der Waals surface area contributed by atoms with E-state index in [1.54, 1.807) is 6.92 Å². The van der Waals surface area contributed by atoms with Crippen LogP contribution in [0.1, 0.15) is 64.2 Å². The minimum Gasteiger partial charge on any atom is -0.494 e. The van der Waals surface area contributed by atoms with E-state index in [1.165, 1.54) is 6.92 Å². The molecule has 0 aliphatic heterocycles. The van der Waals surface area contributed by atoms with E-state index >= 15 is 0 Å². The number of carbonyl (C=O) groups excluding carboxylic acids is 1. The summed E-state index contributed by atoms with van der Waals surface area (Å²) in [5, 5.41) is 21.3. The monoisotopic (exact) mass is 436 g/mol. The third kappa shape index (κ3) is 4.06. The van der Waals surface area contributed by atoms with E-state index in [-0.39, 0.29) is 35.1 Å². The average Bonchev–Trinajstić information content (AvgIpc) is 3.03. The zero-order chi connectivity index (χ0) is 23.7. The Morgan fingerprint density at radius 2 is 1.84 bits per heavy atom. The minimum atomic E-state index is -0.629. The van der Waals surface area contributed by atoms with Crippen LogP contribution < -0.4 is 5.56 Å². The van der Waals surface area contributed by atoms with Crippen molar-refractivity contribution < 1.29 is 19.1 Å². The van der Waals surface area contributed by atoms with Crippen molar-refractivity contribution in [1.29, 1.82) is 5.26 Å². The maximum atomic E-state index is 13.5. The molecule has 2 aromatic heterocycles. The van der Waals surface area contributed by atoms with Crippen LogP contribution in [0.5, 0.6) is 5.88 Å². The molecule has 0 atom stereocenters. The van der Waals surface area contributed by atoms with Crippen LogP contribution >= 0.6 is 0 Å². The van der Waals surface area contributed by atoms with Gasteiger partial charge in [-0.3, -0.25) is 14.2 Å². The highest BCUT2D eigenvalue weighted by Crippen LogP contribution is 2.32. The molecule has 7 nitrogen and oxygen atoms in total. The number of benzene rings is 1. The van der Waals surface area contributed by atoms with Crippen LogP contribution in [0.25, 0.3) is 11.0 Å². The first-order valence-corrected chi connectivity index (χ1v) is 10.6. The smallest absolute Gasteiger partial charge is 0.271 e. The first kappa shape index (κ1) is 23.3.